The van der Waals surface area contributed by atoms with Crippen LogP contribution in [0.5, 0.6) is 0 Å². The average Bonchev–Trinajstić information content (AvgIpc) is 2.78. The van der Waals surface area contributed by atoms with Crippen LogP contribution in [-0.2, 0) is 4.74 Å². The summed E-state index contributed by atoms with van der Waals surface area (Å²) in [5.74, 6) is 0.631. The van der Waals surface area contributed by atoms with E-state index in [2.05, 4.69) is 15.4 Å². The molecule has 2 heterocycles. The van der Waals surface area contributed by atoms with Gasteiger partial charge in [0.25, 0.3) is 0 Å². The van der Waals surface area contributed by atoms with Gasteiger partial charge in [0.1, 0.15) is 0 Å². The minimum absolute atomic E-state index is 0.0701. The zero-order valence-corrected chi connectivity index (χ0v) is 10.5. The van der Waals surface area contributed by atoms with Gasteiger partial charge >= 0.3 is 0 Å². The summed E-state index contributed by atoms with van der Waals surface area (Å²) < 4.78 is 6.93. The lowest BCUT2D eigenvalue weighted by molar-refractivity contribution is 0.0921. The highest BCUT2D eigenvalue weighted by molar-refractivity contribution is 5.49. The van der Waals surface area contributed by atoms with Crippen LogP contribution >= 0.6 is 0 Å². The highest BCUT2D eigenvalue weighted by Gasteiger charge is 2.04. The van der Waals surface area contributed by atoms with Crippen molar-refractivity contribution in [1.29, 1.82) is 0 Å². The van der Waals surface area contributed by atoms with Gasteiger partial charge in [0, 0.05) is 19.3 Å². The van der Waals surface area contributed by atoms with Crippen LogP contribution in [0.4, 0.5) is 5.95 Å². The van der Waals surface area contributed by atoms with Gasteiger partial charge in [-0.15, -0.1) is 5.10 Å². The first kappa shape index (κ1) is 12.8. The summed E-state index contributed by atoms with van der Waals surface area (Å²) in [4.78, 5) is 4.41. The Morgan fingerprint density at radius 3 is 3.11 bits per heavy atom. The summed E-state index contributed by atoms with van der Waals surface area (Å²) in [6.07, 6.45) is 2.74. The molecule has 0 saturated heterocycles. The molecular formula is C12H18N4O2. The number of fused-ring (bicyclic) bond motifs is 1. The maximum absolute atomic E-state index is 8.54. The lowest BCUT2D eigenvalue weighted by atomic mass is 10.3. The Kier molecular flexibility index (Phi) is 4.49. The normalized spacial score (nSPS) is 11.0. The molecule has 6 nitrogen and oxygen atoms in total. The molecule has 0 saturated carbocycles. The fourth-order valence-corrected chi connectivity index (χ4v) is 1.66. The largest absolute Gasteiger partial charge is 0.394 e. The first-order valence-electron chi connectivity index (χ1n) is 6.06. The summed E-state index contributed by atoms with van der Waals surface area (Å²) in [6.45, 7) is 3.85. The number of aromatic nitrogens is 3. The molecule has 0 atom stereocenters. The lowest BCUT2D eigenvalue weighted by Crippen LogP contribution is -2.08. The first-order chi connectivity index (χ1) is 8.81. The van der Waals surface area contributed by atoms with Crippen molar-refractivity contribution < 1.29 is 9.84 Å². The Morgan fingerprint density at radius 2 is 2.33 bits per heavy atom. The third-order valence-electron chi connectivity index (χ3n) is 2.54. The fraction of sp³-hybridized carbons (Fsp3) is 0.500. The van der Waals surface area contributed by atoms with E-state index in [4.69, 9.17) is 9.84 Å². The number of aryl methyl sites for hydroxylation is 1. The van der Waals surface area contributed by atoms with Crippen LogP contribution in [0.25, 0.3) is 5.65 Å². The summed E-state index contributed by atoms with van der Waals surface area (Å²) in [5, 5.41) is 16.0. The first-order valence-corrected chi connectivity index (χ1v) is 6.06. The Bertz CT molecular complexity index is 498. The summed E-state index contributed by atoms with van der Waals surface area (Å²) in [5.41, 5.74) is 1.97. The molecule has 0 aliphatic carbocycles. The van der Waals surface area contributed by atoms with Gasteiger partial charge < -0.3 is 15.2 Å². The molecular weight excluding hydrogens is 232 g/mol. The highest BCUT2D eigenvalue weighted by atomic mass is 16.5. The van der Waals surface area contributed by atoms with E-state index in [1.165, 1.54) is 0 Å². The molecule has 0 aliphatic heterocycles. The van der Waals surface area contributed by atoms with E-state index in [9.17, 15) is 0 Å². The van der Waals surface area contributed by atoms with Crippen molar-refractivity contribution in [1.82, 2.24) is 14.6 Å². The number of aliphatic hydroxyl groups is 1. The van der Waals surface area contributed by atoms with Crippen molar-refractivity contribution in [3.8, 4) is 0 Å². The SMILES string of the molecule is Cc1cccn2nc(NCCCOCCO)nc12. The number of anilines is 1. The molecule has 0 bridgehead atoms. The van der Waals surface area contributed by atoms with Crippen LogP contribution in [0.2, 0.25) is 0 Å². The second-order valence-electron chi connectivity index (χ2n) is 4.01. The molecule has 2 aromatic heterocycles. The molecule has 0 aromatic carbocycles. The van der Waals surface area contributed by atoms with Gasteiger partial charge in [-0.05, 0) is 25.0 Å². The van der Waals surface area contributed by atoms with E-state index >= 15 is 0 Å². The molecule has 98 valence electrons. The van der Waals surface area contributed by atoms with Gasteiger partial charge in [-0.2, -0.15) is 4.98 Å². The molecule has 0 aliphatic rings. The van der Waals surface area contributed by atoms with E-state index in [0.717, 1.165) is 24.2 Å². The molecule has 0 fully saturated rings. The van der Waals surface area contributed by atoms with Crippen LogP contribution in [0.15, 0.2) is 18.3 Å². The Balaban J connectivity index is 1.83. The van der Waals surface area contributed by atoms with Crippen molar-refractivity contribution in [2.45, 2.75) is 13.3 Å². The quantitative estimate of drug-likeness (QED) is 0.713. The fourth-order valence-electron chi connectivity index (χ4n) is 1.66. The van der Waals surface area contributed by atoms with Crippen LogP contribution < -0.4 is 5.32 Å². The molecule has 0 radical (unpaired) electrons. The smallest absolute Gasteiger partial charge is 0.243 e. The summed E-state index contributed by atoms with van der Waals surface area (Å²) in [7, 11) is 0. The number of nitrogens with one attached hydrogen (secondary N) is 1. The number of hydrogen-bond donors (Lipinski definition) is 2. The minimum Gasteiger partial charge on any atom is -0.394 e. The third kappa shape index (κ3) is 3.18. The zero-order valence-electron chi connectivity index (χ0n) is 10.5. The molecule has 2 aromatic rings. The molecule has 2 rings (SSSR count). The van der Waals surface area contributed by atoms with Gasteiger partial charge in [0.15, 0.2) is 5.65 Å². The number of pyridine rings is 1. The molecule has 18 heavy (non-hydrogen) atoms. The van der Waals surface area contributed by atoms with Crippen LogP contribution in [0.1, 0.15) is 12.0 Å². The molecule has 2 N–H and O–H groups in total. The Morgan fingerprint density at radius 1 is 1.44 bits per heavy atom. The maximum atomic E-state index is 8.54. The van der Waals surface area contributed by atoms with Crippen molar-refractivity contribution in [3.05, 3.63) is 23.9 Å². The van der Waals surface area contributed by atoms with E-state index in [1.807, 2.05) is 25.3 Å². The summed E-state index contributed by atoms with van der Waals surface area (Å²) in [6, 6.07) is 3.96. The average molecular weight is 250 g/mol. The van der Waals surface area contributed by atoms with Gasteiger partial charge in [0.05, 0.1) is 13.2 Å². The molecule has 0 amide bonds. The minimum atomic E-state index is 0.0701. The van der Waals surface area contributed by atoms with Gasteiger partial charge in [-0.1, -0.05) is 6.07 Å². The van der Waals surface area contributed by atoms with E-state index in [-0.39, 0.29) is 6.61 Å². The summed E-state index contributed by atoms with van der Waals surface area (Å²) >= 11 is 0. The number of hydrogen-bond acceptors (Lipinski definition) is 5. The topological polar surface area (TPSA) is 71.7 Å². The van der Waals surface area contributed by atoms with E-state index in [0.29, 0.717) is 19.2 Å². The Labute approximate surface area is 106 Å². The van der Waals surface area contributed by atoms with Gasteiger partial charge in [-0.25, -0.2) is 4.52 Å². The van der Waals surface area contributed by atoms with Crippen LogP contribution in [0.3, 0.4) is 0 Å². The van der Waals surface area contributed by atoms with E-state index < -0.39 is 0 Å². The number of rotatable bonds is 7. The van der Waals surface area contributed by atoms with Crippen molar-refractivity contribution in [2.75, 3.05) is 31.7 Å². The molecule has 6 heteroatoms. The van der Waals surface area contributed by atoms with Crippen molar-refractivity contribution >= 4 is 11.6 Å². The maximum Gasteiger partial charge on any atom is 0.243 e. The molecule has 0 unspecified atom stereocenters. The number of nitrogens with zero attached hydrogens (tertiary/aromatic N) is 3. The van der Waals surface area contributed by atoms with Gasteiger partial charge in [-0.3, -0.25) is 0 Å². The lowest BCUT2D eigenvalue weighted by Gasteiger charge is -2.02. The van der Waals surface area contributed by atoms with Gasteiger partial charge in [0.2, 0.25) is 5.95 Å². The number of ether oxygens (including phenoxy) is 1. The predicted octanol–water partition coefficient (Wildman–Crippen LogP) is 0.849. The Hall–Kier alpha value is -1.66. The third-order valence-corrected chi connectivity index (χ3v) is 2.54. The second kappa shape index (κ2) is 6.32. The van der Waals surface area contributed by atoms with Crippen molar-refractivity contribution in [3.63, 3.8) is 0 Å². The monoisotopic (exact) mass is 250 g/mol. The highest BCUT2D eigenvalue weighted by Crippen LogP contribution is 2.09. The predicted molar refractivity (Wildman–Crippen MR) is 68.7 cm³/mol. The zero-order chi connectivity index (χ0) is 12.8. The van der Waals surface area contributed by atoms with Crippen LogP contribution in [0, 0.1) is 6.92 Å². The van der Waals surface area contributed by atoms with Crippen molar-refractivity contribution in [2.24, 2.45) is 0 Å². The van der Waals surface area contributed by atoms with Crippen LogP contribution in [-0.4, -0.2) is 46.1 Å². The molecule has 0 spiro atoms. The van der Waals surface area contributed by atoms with E-state index in [1.54, 1.807) is 4.52 Å². The number of aliphatic hydroxyl groups excluding tert-OH is 1. The standard InChI is InChI=1S/C12H18N4O2/c1-10-4-2-6-16-11(10)14-12(15-16)13-5-3-8-18-9-7-17/h2,4,6,17H,3,5,7-9H2,1H3,(H,13,15). The second-order valence-corrected chi connectivity index (χ2v) is 4.01.